The van der Waals surface area contributed by atoms with Gasteiger partial charge in [0.15, 0.2) is 10.3 Å². The number of nitrogens with zero attached hydrogens (tertiary/aromatic N) is 2. The number of fused-ring (bicyclic) bond motifs is 1. The molecule has 0 saturated heterocycles. The number of hydrogen-bond donors (Lipinski definition) is 2. The van der Waals surface area contributed by atoms with Gasteiger partial charge in [-0.25, -0.2) is 9.97 Å². The van der Waals surface area contributed by atoms with Crippen molar-refractivity contribution in [3.8, 4) is 0 Å². The highest BCUT2D eigenvalue weighted by atomic mass is 32.2. The molecular formula is C22H20N4O3S2. The van der Waals surface area contributed by atoms with Gasteiger partial charge in [0.2, 0.25) is 0 Å². The van der Waals surface area contributed by atoms with Crippen LogP contribution in [-0.4, -0.2) is 33.4 Å². The second-order valence-electron chi connectivity index (χ2n) is 6.62. The minimum Gasteiger partial charge on any atom is -0.466 e. The molecule has 0 saturated carbocycles. The quantitative estimate of drug-likeness (QED) is 0.298. The first-order valence-electron chi connectivity index (χ1n) is 9.68. The molecule has 0 aliphatic heterocycles. The third-order valence-corrected chi connectivity index (χ3v) is 6.11. The van der Waals surface area contributed by atoms with Gasteiger partial charge in [-0.15, -0.1) is 11.3 Å². The molecule has 0 fully saturated rings. The zero-order chi connectivity index (χ0) is 21.6. The normalized spacial score (nSPS) is 10.9. The lowest BCUT2D eigenvalue weighted by Crippen LogP contribution is -2.12. The van der Waals surface area contributed by atoms with E-state index >= 15 is 0 Å². The molecule has 7 nitrogen and oxygen atoms in total. The topological polar surface area (TPSA) is 97.0 Å². The zero-order valence-corrected chi connectivity index (χ0v) is 18.4. The van der Waals surface area contributed by atoms with E-state index in [1.807, 2.05) is 36.4 Å². The average Bonchev–Trinajstić information content (AvgIpc) is 3.39. The van der Waals surface area contributed by atoms with Gasteiger partial charge in [0, 0.05) is 16.7 Å². The summed E-state index contributed by atoms with van der Waals surface area (Å²) >= 11 is 2.89. The fourth-order valence-electron chi connectivity index (χ4n) is 2.88. The monoisotopic (exact) mass is 452 g/mol. The highest BCUT2D eigenvalue weighted by molar-refractivity contribution is 7.98. The predicted molar refractivity (Wildman–Crippen MR) is 123 cm³/mol. The number of anilines is 1. The van der Waals surface area contributed by atoms with Crippen molar-refractivity contribution >= 4 is 51.1 Å². The van der Waals surface area contributed by atoms with Gasteiger partial charge in [0.25, 0.3) is 5.91 Å². The van der Waals surface area contributed by atoms with Gasteiger partial charge in [-0.2, -0.15) is 0 Å². The van der Waals surface area contributed by atoms with Crippen LogP contribution in [0.5, 0.6) is 0 Å². The molecule has 0 unspecified atom stereocenters. The number of ether oxygens (including phenoxy) is 1. The van der Waals surface area contributed by atoms with Crippen LogP contribution in [0.1, 0.15) is 28.5 Å². The minimum atomic E-state index is -0.332. The van der Waals surface area contributed by atoms with Gasteiger partial charge in [0.05, 0.1) is 29.8 Å². The first kappa shape index (κ1) is 21.1. The van der Waals surface area contributed by atoms with Crippen LogP contribution in [0.2, 0.25) is 0 Å². The van der Waals surface area contributed by atoms with Crippen LogP contribution in [0.15, 0.2) is 59.1 Å². The number of aromatic nitrogens is 3. The fraction of sp³-hybridized carbons (Fsp3) is 0.182. The number of carbonyl (C=O) groups excluding carboxylic acids is 2. The number of imidazole rings is 1. The van der Waals surface area contributed by atoms with E-state index in [2.05, 4.69) is 20.3 Å². The Balaban J connectivity index is 1.31. The van der Waals surface area contributed by atoms with E-state index in [1.165, 1.54) is 11.3 Å². The molecule has 0 atom stereocenters. The number of para-hydroxylation sites is 2. The van der Waals surface area contributed by atoms with E-state index in [1.54, 1.807) is 36.2 Å². The Morgan fingerprint density at radius 2 is 1.94 bits per heavy atom. The van der Waals surface area contributed by atoms with Crippen molar-refractivity contribution in [2.75, 3.05) is 11.9 Å². The van der Waals surface area contributed by atoms with Crippen LogP contribution in [0.4, 0.5) is 5.13 Å². The van der Waals surface area contributed by atoms with Gasteiger partial charge in [-0.05, 0) is 36.8 Å². The summed E-state index contributed by atoms with van der Waals surface area (Å²) in [6, 6.07) is 15.4. The summed E-state index contributed by atoms with van der Waals surface area (Å²) in [7, 11) is 0. The van der Waals surface area contributed by atoms with E-state index in [4.69, 9.17) is 4.74 Å². The summed E-state index contributed by atoms with van der Waals surface area (Å²) in [4.78, 5) is 36.1. The summed E-state index contributed by atoms with van der Waals surface area (Å²) in [6.07, 6.45) is 0.0950. The molecule has 2 aromatic heterocycles. The lowest BCUT2D eigenvalue weighted by atomic mass is 10.1. The minimum absolute atomic E-state index is 0.0950. The molecule has 0 bridgehead atoms. The molecule has 0 aliphatic carbocycles. The summed E-state index contributed by atoms with van der Waals surface area (Å²) in [5, 5.41) is 5.83. The van der Waals surface area contributed by atoms with Crippen molar-refractivity contribution in [1.82, 2.24) is 15.0 Å². The van der Waals surface area contributed by atoms with E-state index in [9.17, 15) is 9.59 Å². The standard InChI is InChI=1S/C22H20N4O3S2/c1-2-29-19(27)11-16-13-31-21(23-16)26-20(28)15-9-7-14(8-10-15)12-30-22-24-17-5-3-4-6-18(17)25-22/h3-10,13H,2,11-12H2,1H3,(H,24,25)(H,23,26,28). The summed E-state index contributed by atoms with van der Waals surface area (Å²) < 4.78 is 4.91. The van der Waals surface area contributed by atoms with Gasteiger partial charge < -0.3 is 9.72 Å². The van der Waals surface area contributed by atoms with Crippen LogP contribution in [0.3, 0.4) is 0 Å². The van der Waals surface area contributed by atoms with Gasteiger partial charge >= 0.3 is 5.97 Å². The van der Waals surface area contributed by atoms with Gasteiger partial charge in [-0.1, -0.05) is 36.0 Å². The number of rotatable bonds is 8. The van der Waals surface area contributed by atoms with E-state index in [-0.39, 0.29) is 18.3 Å². The molecule has 9 heteroatoms. The van der Waals surface area contributed by atoms with Crippen LogP contribution < -0.4 is 5.32 Å². The molecule has 0 aliphatic rings. The van der Waals surface area contributed by atoms with E-state index < -0.39 is 0 Å². The zero-order valence-electron chi connectivity index (χ0n) is 16.8. The molecule has 31 heavy (non-hydrogen) atoms. The maximum atomic E-state index is 12.5. The predicted octanol–water partition coefficient (Wildman–Crippen LogP) is 4.67. The number of carbonyl (C=O) groups is 2. The number of esters is 1. The number of hydrogen-bond acceptors (Lipinski definition) is 7. The molecule has 2 N–H and O–H groups in total. The van der Waals surface area contributed by atoms with Crippen LogP contribution >= 0.6 is 23.1 Å². The molecule has 2 heterocycles. The number of thioether (sulfide) groups is 1. The Labute approximate surface area is 187 Å². The molecule has 0 spiro atoms. The van der Waals surface area contributed by atoms with E-state index in [0.717, 1.165) is 27.5 Å². The smallest absolute Gasteiger partial charge is 0.311 e. The number of nitrogens with one attached hydrogen (secondary N) is 2. The number of amides is 1. The Hall–Kier alpha value is -3.17. The van der Waals surface area contributed by atoms with Crippen molar-refractivity contribution in [3.63, 3.8) is 0 Å². The summed E-state index contributed by atoms with van der Waals surface area (Å²) in [5.41, 5.74) is 4.18. The number of H-pyrrole nitrogens is 1. The highest BCUT2D eigenvalue weighted by Crippen LogP contribution is 2.23. The summed E-state index contributed by atoms with van der Waals surface area (Å²) in [5.74, 6) is 0.168. The molecule has 2 aromatic carbocycles. The number of thiazole rings is 1. The molecule has 4 rings (SSSR count). The third-order valence-electron chi connectivity index (χ3n) is 4.36. The average molecular weight is 453 g/mol. The Bertz CT molecular complexity index is 1170. The van der Waals surface area contributed by atoms with Crippen molar-refractivity contribution in [2.45, 2.75) is 24.3 Å². The van der Waals surface area contributed by atoms with Crippen molar-refractivity contribution in [3.05, 3.63) is 70.7 Å². The third kappa shape index (κ3) is 5.50. The number of benzene rings is 2. The Morgan fingerprint density at radius 3 is 2.71 bits per heavy atom. The molecule has 4 aromatic rings. The maximum absolute atomic E-state index is 12.5. The Kier molecular flexibility index (Phi) is 6.63. The van der Waals surface area contributed by atoms with Crippen molar-refractivity contribution < 1.29 is 14.3 Å². The highest BCUT2D eigenvalue weighted by Gasteiger charge is 2.12. The second-order valence-corrected chi connectivity index (χ2v) is 8.45. The fourth-order valence-corrected chi connectivity index (χ4v) is 4.42. The lowest BCUT2D eigenvalue weighted by molar-refractivity contribution is -0.142. The molecule has 0 radical (unpaired) electrons. The van der Waals surface area contributed by atoms with Crippen molar-refractivity contribution in [1.29, 1.82) is 0 Å². The van der Waals surface area contributed by atoms with Gasteiger partial charge in [-0.3, -0.25) is 14.9 Å². The van der Waals surface area contributed by atoms with E-state index in [0.29, 0.717) is 23.0 Å². The second kappa shape index (κ2) is 9.76. The lowest BCUT2D eigenvalue weighted by Gasteiger charge is -2.04. The van der Waals surface area contributed by atoms with Crippen LogP contribution in [-0.2, 0) is 21.7 Å². The van der Waals surface area contributed by atoms with Crippen LogP contribution in [0.25, 0.3) is 11.0 Å². The first-order valence-corrected chi connectivity index (χ1v) is 11.5. The van der Waals surface area contributed by atoms with Crippen molar-refractivity contribution in [2.24, 2.45) is 0 Å². The largest absolute Gasteiger partial charge is 0.466 e. The first-order chi connectivity index (χ1) is 15.1. The molecular weight excluding hydrogens is 432 g/mol. The SMILES string of the molecule is CCOC(=O)Cc1csc(NC(=O)c2ccc(CSc3nc4ccccc4[nH]3)cc2)n1. The Morgan fingerprint density at radius 1 is 1.13 bits per heavy atom. The van der Waals surface area contributed by atoms with Gasteiger partial charge in [0.1, 0.15) is 0 Å². The molecule has 158 valence electrons. The van der Waals surface area contributed by atoms with Crippen LogP contribution in [0, 0.1) is 0 Å². The maximum Gasteiger partial charge on any atom is 0.311 e. The molecule has 1 amide bonds. The number of aromatic amines is 1. The summed E-state index contributed by atoms with van der Waals surface area (Å²) in [6.45, 7) is 2.09.